The van der Waals surface area contributed by atoms with E-state index < -0.39 is 0 Å². The summed E-state index contributed by atoms with van der Waals surface area (Å²) in [7, 11) is 0. The topological polar surface area (TPSA) is 34.5 Å². The van der Waals surface area contributed by atoms with Gasteiger partial charge in [-0.15, -0.1) is 0 Å². The van der Waals surface area contributed by atoms with Crippen LogP contribution in [0.1, 0.15) is 0 Å². The molecule has 0 aliphatic carbocycles. The zero-order chi connectivity index (χ0) is 30.2. The Morgan fingerprint density at radius 1 is 0.413 bits per heavy atom. The molecule has 46 heavy (non-hydrogen) atoms. The van der Waals surface area contributed by atoms with Crippen LogP contribution in [0, 0.1) is 0 Å². The summed E-state index contributed by atoms with van der Waals surface area (Å²) in [5, 5.41) is 6.76. The van der Waals surface area contributed by atoms with Gasteiger partial charge in [-0.25, -0.2) is 0 Å². The fourth-order valence-corrected chi connectivity index (χ4v) is 7.21. The van der Waals surface area contributed by atoms with Crippen LogP contribution >= 0.6 is 0 Å². The van der Waals surface area contributed by atoms with Gasteiger partial charge in [0.1, 0.15) is 16.7 Å². The van der Waals surface area contributed by atoms with Gasteiger partial charge in [-0.2, -0.15) is 0 Å². The van der Waals surface area contributed by atoms with Gasteiger partial charge >= 0.3 is 0 Å². The van der Waals surface area contributed by atoms with Crippen LogP contribution in [0.2, 0.25) is 0 Å². The third kappa shape index (κ3) is 3.55. The van der Waals surface area contributed by atoms with Crippen molar-refractivity contribution in [1.29, 1.82) is 0 Å². The average molecular weight is 591 g/mol. The van der Waals surface area contributed by atoms with Crippen molar-refractivity contribution in [2.75, 3.05) is 4.90 Å². The van der Waals surface area contributed by atoms with E-state index in [0.717, 1.165) is 72.1 Å². The van der Waals surface area contributed by atoms with E-state index in [9.17, 15) is 0 Å². The highest BCUT2D eigenvalue weighted by Gasteiger charge is 2.24. The highest BCUT2D eigenvalue weighted by molar-refractivity contribution is 6.17. The smallest absolute Gasteiger partial charge is 0.159 e. The van der Waals surface area contributed by atoms with Crippen LogP contribution < -0.4 is 4.90 Å². The third-order valence-corrected chi connectivity index (χ3v) is 9.18. The van der Waals surface area contributed by atoms with Crippen molar-refractivity contribution < 1.29 is 8.83 Å². The lowest BCUT2D eigenvalue weighted by atomic mass is 10.1. The van der Waals surface area contributed by atoms with E-state index in [1.54, 1.807) is 0 Å². The Kier molecular flexibility index (Phi) is 5.25. The van der Waals surface area contributed by atoms with Gasteiger partial charge < -0.3 is 18.3 Å². The number of benzene rings is 7. The maximum absolute atomic E-state index is 6.65. The lowest BCUT2D eigenvalue weighted by molar-refractivity contribution is 0.668. The molecule has 0 bridgehead atoms. The fraction of sp³-hybridized carbons (Fsp3) is 0. The van der Waals surface area contributed by atoms with Crippen molar-refractivity contribution in [2.24, 2.45) is 0 Å². The van der Waals surface area contributed by atoms with Crippen molar-refractivity contribution in [3.63, 3.8) is 0 Å². The van der Waals surface area contributed by atoms with Crippen molar-refractivity contribution in [3.8, 4) is 5.69 Å². The number of hydrogen-bond donors (Lipinski definition) is 0. The summed E-state index contributed by atoms with van der Waals surface area (Å²) in [6.07, 6.45) is 0. The SMILES string of the molecule is c1ccc(-n2c3ccccc3c3ccc(N(c4cccc5c4oc4ccccc45)c4cccc5oc6ccccc6c45)cc32)cc1. The van der Waals surface area contributed by atoms with E-state index in [4.69, 9.17) is 8.83 Å². The monoisotopic (exact) mass is 590 g/mol. The quantitative estimate of drug-likeness (QED) is 0.204. The predicted molar refractivity (Wildman–Crippen MR) is 190 cm³/mol. The lowest BCUT2D eigenvalue weighted by Crippen LogP contribution is -2.11. The van der Waals surface area contributed by atoms with Gasteiger partial charge in [-0.3, -0.25) is 0 Å². The second-order valence-corrected chi connectivity index (χ2v) is 11.7. The van der Waals surface area contributed by atoms with Gasteiger partial charge in [0, 0.05) is 38.3 Å². The van der Waals surface area contributed by atoms with Crippen molar-refractivity contribution in [2.45, 2.75) is 0 Å². The lowest BCUT2D eigenvalue weighted by Gasteiger charge is -2.26. The first-order chi connectivity index (χ1) is 22.8. The number of aromatic nitrogens is 1. The number of anilines is 3. The molecule has 7 aromatic carbocycles. The molecule has 0 radical (unpaired) electrons. The van der Waals surface area contributed by atoms with Crippen LogP contribution in [0.25, 0.3) is 71.4 Å². The van der Waals surface area contributed by atoms with E-state index in [0.29, 0.717) is 0 Å². The van der Waals surface area contributed by atoms with E-state index in [-0.39, 0.29) is 0 Å². The van der Waals surface area contributed by atoms with Gasteiger partial charge in [0.2, 0.25) is 0 Å². The molecule has 0 atom stereocenters. The number of hydrogen-bond acceptors (Lipinski definition) is 3. The molecular formula is C42H26N2O2. The molecule has 3 heterocycles. The first-order valence-corrected chi connectivity index (χ1v) is 15.5. The molecule has 10 aromatic rings. The summed E-state index contributed by atoms with van der Waals surface area (Å²) in [5.74, 6) is 0. The number of rotatable bonds is 4. The molecule has 216 valence electrons. The standard InChI is InChI=1S/C42H26N2O2/c1-2-12-27(13-3-1)43-34-18-7-4-14-29(34)30-25-24-28(26-37(30)43)44(35-19-11-23-40-41(35)33-16-6-9-22-39(33)45-40)36-20-10-17-32-31-15-5-8-21-38(31)46-42(32)36/h1-26H. The zero-order valence-electron chi connectivity index (χ0n) is 24.7. The van der Waals surface area contributed by atoms with Crippen LogP contribution in [0.3, 0.4) is 0 Å². The Morgan fingerprint density at radius 3 is 1.91 bits per heavy atom. The molecule has 10 rings (SSSR count). The first-order valence-electron chi connectivity index (χ1n) is 15.5. The molecule has 0 saturated carbocycles. The van der Waals surface area contributed by atoms with E-state index in [2.05, 4.69) is 143 Å². The van der Waals surface area contributed by atoms with Crippen LogP contribution in [0.5, 0.6) is 0 Å². The van der Waals surface area contributed by atoms with Crippen LogP contribution in [-0.2, 0) is 0 Å². The Labute approximate surface area is 263 Å². The molecule has 3 aromatic heterocycles. The molecule has 0 amide bonds. The largest absolute Gasteiger partial charge is 0.456 e. The highest BCUT2D eigenvalue weighted by Crippen LogP contribution is 2.47. The molecule has 0 saturated heterocycles. The minimum absolute atomic E-state index is 0.845. The second kappa shape index (κ2) is 9.62. The Bertz CT molecular complexity index is 2770. The molecule has 4 heteroatoms. The number of nitrogens with zero attached hydrogens (tertiary/aromatic N) is 2. The maximum Gasteiger partial charge on any atom is 0.159 e. The Morgan fingerprint density at radius 2 is 1.04 bits per heavy atom. The minimum Gasteiger partial charge on any atom is -0.456 e. The molecule has 0 spiro atoms. The van der Waals surface area contributed by atoms with Gasteiger partial charge in [-0.1, -0.05) is 97.1 Å². The summed E-state index contributed by atoms with van der Waals surface area (Å²) < 4.78 is 15.4. The Balaban J connectivity index is 1.33. The minimum atomic E-state index is 0.845. The average Bonchev–Trinajstić information content (AvgIpc) is 3.79. The van der Waals surface area contributed by atoms with Crippen LogP contribution in [0.15, 0.2) is 167 Å². The van der Waals surface area contributed by atoms with Gasteiger partial charge in [-0.05, 0) is 60.7 Å². The van der Waals surface area contributed by atoms with Gasteiger partial charge in [0.05, 0.1) is 27.8 Å². The molecule has 0 fully saturated rings. The summed E-state index contributed by atoms with van der Waals surface area (Å²) in [6.45, 7) is 0. The number of para-hydroxylation sites is 5. The number of furan rings is 2. The van der Waals surface area contributed by atoms with Crippen molar-refractivity contribution in [1.82, 2.24) is 4.57 Å². The van der Waals surface area contributed by atoms with Crippen molar-refractivity contribution in [3.05, 3.63) is 158 Å². The Hall–Kier alpha value is -6.26. The predicted octanol–water partition coefficient (Wildman–Crippen LogP) is 12.1. The van der Waals surface area contributed by atoms with Crippen molar-refractivity contribution >= 4 is 82.7 Å². The second-order valence-electron chi connectivity index (χ2n) is 11.7. The van der Waals surface area contributed by atoms with Crippen LogP contribution in [0.4, 0.5) is 17.1 Å². The van der Waals surface area contributed by atoms with Gasteiger partial charge in [0.25, 0.3) is 0 Å². The normalized spacial score (nSPS) is 11.9. The maximum atomic E-state index is 6.65. The summed E-state index contributed by atoms with van der Waals surface area (Å²) in [6, 6.07) is 55.3. The van der Waals surface area contributed by atoms with Crippen LogP contribution in [-0.4, -0.2) is 4.57 Å². The molecular weight excluding hydrogens is 564 g/mol. The first kappa shape index (κ1) is 25.1. The highest BCUT2D eigenvalue weighted by atomic mass is 16.3. The summed E-state index contributed by atoms with van der Waals surface area (Å²) in [4.78, 5) is 2.33. The zero-order valence-corrected chi connectivity index (χ0v) is 24.7. The molecule has 0 N–H and O–H groups in total. The summed E-state index contributed by atoms with van der Waals surface area (Å²) in [5.41, 5.74) is 9.88. The van der Waals surface area contributed by atoms with E-state index in [1.165, 1.54) is 16.3 Å². The van der Waals surface area contributed by atoms with E-state index in [1.807, 2.05) is 24.3 Å². The molecule has 0 aliphatic rings. The molecule has 4 nitrogen and oxygen atoms in total. The fourth-order valence-electron chi connectivity index (χ4n) is 7.21. The van der Waals surface area contributed by atoms with E-state index >= 15 is 0 Å². The molecule has 0 aliphatic heterocycles. The molecule has 0 unspecified atom stereocenters. The summed E-state index contributed by atoms with van der Waals surface area (Å²) >= 11 is 0. The van der Waals surface area contributed by atoms with Gasteiger partial charge in [0.15, 0.2) is 5.58 Å². The third-order valence-electron chi connectivity index (χ3n) is 9.18. The number of fused-ring (bicyclic) bond motifs is 9.